The van der Waals surface area contributed by atoms with Gasteiger partial charge in [0.25, 0.3) is 0 Å². The van der Waals surface area contributed by atoms with Crippen LogP contribution in [-0.2, 0) is 11.4 Å². The minimum Gasteiger partial charge on any atom is -0.484 e. The summed E-state index contributed by atoms with van der Waals surface area (Å²) in [6.07, 6.45) is 2.48. The maximum absolute atomic E-state index is 12.1. The highest BCUT2D eigenvalue weighted by Crippen LogP contribution is 2.33. The van der Waals surface area contributed by atoms with Gasteiger partial charge in [0.05, 0.1) is 10.3 Å². The van der Waals surface area contributed by atoms with Gasteiger partial charge < -0.3 is 4.74 Å². The minimum atomic E-state index is -0.0472. The van der Waals surface area contributed by atoms with Crippen molar-refractivity contribution < 1.29 is 9.53 Å². The van der Waals surface area contributed by atoms with Crippen LogP contribution in [0.2, 0.25) is 5.02 Å². The Bertz CT molecular complexity index is 945. The van der Waals surface area contributed by atoms with Crippen molar-refractivity contribution in [3.8, 4) is 11.4 Å². The van der Waals surface area contributed by atoms with Crippen LogP contribution in [0.25, 0.3) is 5.69 Å². The molecular formula is C20H18ClN3O2S. The van der Waals surface area contributed by atoms with E-state index in [1.165, 1.54) is 11.8 Å². The number of aromatic nitrogens is 3. The Morgan fingerprint density at radius 3 is 2.63 bits per heavy atom. The van der Waals surface area contributed by atoms with Crippen LogP contribution in [0.1, 0.15) is 25.1 Å². The summed E-state index contributed by atoms with van der Waals surface area (Å²) in [5, 5.41) is 9.86. The van der Waals surface area contributed by atoms with E-state index in [-0.39, 0.29) is 17.6 Å². The van der Waals surface area contributed by atoms with E-state index >= 15 is 0 Å². The number of ether oxygens (including phenoxy) is 1. The van der Waals surface area contributed by atoms with E-state index in [2.05, 4.69) is 10.2 Å². The molecular weight excluding hydrogens is 382 g/mol. The lowest BCUT2D eigenvalue weighted by atomic mass is 10.3. The first kappa shape index (κ1) is 18.1. The third-order valence-electron chi connectivity index (χ3n) is 4.40. The van der Waals surface area contributed by atoms with Gasteiger partial charge >= 0.3 is 0 Å². The summed E-state index contributed by atoms with van der Waals surface area (Å²) in [5.74, 6) is 1.55. The van der Waals surface area contributed by atoms with Gasteiger partial charge in [-0.2, -0.15) is 0 Å². The average molecular weight is 400 g/mol. The van der Waals surface area contributed by atoms with Crippen molar-refractivity contribution in [2.75, 3.05) is 0 Å². The first-order chi connectivity index (χ1) is 13.2. The Hall–Kier alpha value is -2.31. The molecule has 0 amide bonds. The van der Waals surface area contributed by atoms with Crippen molar-refractivity contribution in [1.82, 2.24) is 14.8 Å². The lowest BCUT2D eigenvalue weighted by Gasteiger charge is -2.13. The van der Waals surface area contributed by atoms with Crippen molar-refractivity contribution in [2.45, 2.75) is 36.3 Å². The maximum atomic E-state index is 12.1. The SMILES string of the molecule is O=C1CCCC1Sc1nnc(COc2ccccc2Cl)n1-c1ccccc1. The van der Waals surface area contributed by atoms with Gasteiger partial charge in [0, 0.05) is 12.1 Å². The zero-order valence-electron chi connectivity index (χ0n) is 14.5. The number of hydrogen-bond acceptors (Lipinski definition) is 5. The van der Waals surface area contributed by atoms with Crippen LogP contribution in [0.15, 0.2) is 59.8 Å². The van der Waals surface area contributed by atoms with Gasteiger partial charge in [-0.25, -0.2) is 0 Å². The normalized spacial score (nSPS) is 16.6. The highest BCUT2D eigenvalue weighted by Gasteiger charge is 2.28. The largest absolute Gasteiger partial charge is 0.484 e. The van der Waals surface area contributed by atoms with Crippen molar-refractivity contribution in [1.29, 1.82) is 0 Å². The molecule has 0 radical (unpaired) electrons. The lowest BCUT2D eigenvalue weighted by molar-refractivity contribution is -0.116. The molecule has 7 heteroatoms. The molecule has 0 bridgehead atoms. The Morgan fingerprint density at radius 1 is 1.11 bits per heavy atom. The third-order valence-corrected chi connectivity index (χ3v) is 5.97. The summed E-state index contributed by atoms with van der Waals surface area (Å²) in [6, 6.07) is 17.2. The summed E-state index contributed by atoms with van der Waals surface area (Å²) >= 11 is 7.66. The number of carbonyl (C=O) groups excluding carboxylic acids is 1. The predicted molar refractivity (Wildman–Crippen MR) is 106 cm³/mol. The van der Waals surface area contributed by atoms with Crippen molar-refractivity contribution >= 4 is 29.1 Å². The molecule has 1 aromatic heterocycles. The molecule has 4 rings (SSSR count). The fourth-order valence-electron chi connectivity index (χ4n) is 3.05. The van der Waals surface area contributed by atoms with Crippen LogP contribution in [0.5, 0.6) is 5.75 Å². The molecule has 1 saturated carbocycles. The molecule has 138 valence electrons. The molecule has 2 aromatic carbocycles. The minimum absolute atomic E-state index is 0.0472. The van der Waals surface area contributed by atoms with Gasteiger partial charge in [-0.05, 0) is 37.1 Å². The average Bonchev–Trinajstić information content (AvgIpc) is 3.28. The van der Waals surface area contributed by atoms with Crippen LogP contribution in [0.4, 0.5) is 0 Å². The number of rotatable bonds is 6. The molecule has 0 aliphatic heterocycles. The zero-order valence-corrected chi connectivity index (χ0v) is 16.1. The smallest absolute Gasteiger partial charge is 0.196 e. The molecule has 1 heterocycles. The van der Waals surface area contributed by atoms with Crippen LogP contribution in [0.3, 0.4) is 0 Å². The third kappa shape index (κ3) is 4.01. The van der Waals surface area contributed by atoms with Crippen LogP contribution >= 0.6 is 23.4 Å². The molecule has 3 aromatic rings. The number of halogens is 1. The number of thioether (sulfide) groups is 1. The predicted octanol–water partition coefficient (Wildman–Crippen LogP) is 4.71. The second kappa shape index (κ2) is 8.15. The van der Waals surface area contributed by atoms with E-state index in [4.69, 9.17) is 16.3 Å². The fourth-order valence-corrected chi connectivity index (χ4v) is 4.43. The van der Waals surface area contributed by atoms with Gasteiger partial charge in [0.2, 0.25) is 0 Å². The summed E-state index contributed by atoms with van der Waals surface area (Å²) in [5.41, 5.74) is 0.938. The van der Waals surface area contributed by atoms with Crippen LogP contribution < -0.4 is 4.74 Å². The van der Waals surface area contributed by atoms with Crippen molar-refractivity contribution in [3.63, 3.8) is 0 Å². The molecule has 27 heavy (non-hydrogen) atoms. The number of Topliss-reactive ketones (excluding diaryl/α,β-unsaturated/α-hetero) is 1. The van der Waals surface area contributed by atoms with Gasteiger partial charge in [-0.1, -0.05) is 53.7 Å². The highest BCUT2D eigenvalue weighted by molar-refractivity contribution is 8.00. The fraction of sp³-hybridized carbons (Fsp3) is 0.250. The molecule has 0 N–H and O–H groups in total. The monoisotopic (exact) mass is 399 g/mol. The van der Waals surface area contributed by atoms with Gasteiger partial charge in [0.15, 0.2) is 11.0 Å². The number of para-hydroxylation sites is 2. The van der Waals surface area contributed by atoms with Gasteiger partial charge in [-0.15, -0.1) is 10.2 Å². The number of ketones is 1. The summed E-state index contributed by atoms with van der Waals surface area (Å²) < 4.78 is 7.81. The highest BCUT2D eigenvalue weighted by atomic mass is 35.5. The molecule has 0 saturated heterocycles. The summed E-state index contributed by atoms with van der Waals surface area (Å²) in [6.45, 7) is 0.227. The second-order valence-electron chi connectivity index (χ2n) is 6.25. The van der Waals surface area contributed by atoms with E-state index in [1.807, 2.05) is 53.1 Å². The summed E-state index contributed by atoms with van der Waals surface area (Å²) in [7, 11) is 0. The van der Waals surface area contributed by atoms with Crippen molar-refractivity contribution in [2.24, 2.45) is 0 Å². The molecule has 1 aliphatic rings. The van der Waals surface area contributed by atoms with Crippen molar-refractivity contribution in [3.05, 3.63) is 65.4 Å². The maximum Gasteiger partial charge on any atom is 0.196 e. The first-order valence-electron chi connectivity index (χ1n) is 8.79. The molecule has 1 unspecified atom stereocenters. The van der Waals surface area contributed by atoms with E-state index in [0.717, 1.165) is 18.5 Å². The molecule has 0 spiro atoms. The Balaban J connectivity index is 1.63. The number of benzene rings is 2. The standard InChI is InChI=1S/C20H18ClN3O2S/c21-15-9-4-5-11-17(15)26-13-19-22-23-20(27-18-12-6-10-16(18)25)24(19)14-7-2-1-3-8-14/h1-5,7-9,11,18H,6,10,12-13H2. The second-order valence-corrected chi connectivity index (χ2v) is 7.83. The number of carbonyl (C=O) groups is 1. The molecule has 5 nitrogen and oxygen atoms in total. The topological polar surface area (TPSA) is 57.0 Å². The Labute approximate surface area is 166 Å². The van der Waals surface area contributed by atoms with E-state index in [0.29, 0.717) is 28.2 Å². The molecule has 1 fully saturated rings. The van der Waals surface area contributed by atoms with Crippen LogP contribution in [0, 0.1) is 0 Å². The van der Waals surface area contributed by atoms with Crippen LogP contribution in [-0.4, -0.2) is 25.8 Å². The lowest BCUT2D eigenvalue weighted by Crippen LogP contribution is -2.11. The number of hydrogen-bond donors (Lipinski definition) is 0. The number of nitrogens with zero attached hydrogens (tertiary/aromatic N) is 3. The van der Waals surface area contributed by atoms with Gasteiger partial charge in [0.1, 0.15) is 18.1 Å². The quantitative estimate of drug-likeness (QED) is 0.600. The zero-order chi connectivity index (χ0) is 18.6. The summed E-state index contributed by atoms with van der Waals surface area (Å²) in [4.78, 5) is 12.1. The Kier molecular flexibility index (Phi) is 5.45. The van der Waals surface area contributed by atoms with E-state index in [9.17, 15) is 4.79 Å². The molecule has 1 aliphatic carbocycles. The molecule has 1 atom stereocenters. The van der Waals surface area contributed by atoms with Gasteiger partial charge in [-0.3, -0.25) is 9.36 Å². The Morgan fingerprint density at radius 2 is 1.89 bits per heavy atom. The first-order valence-corrected chi connectivity index (χ1v) is 10.0. The van der Waals surface area contributed by atoms with E-state index < -0.39 is 0 Å². The van der Waals surface area contributed by atoms with E-state index in [1.54, 1.807) is 6.07 Å².